The van der Waals surface area contributed by atoms with E-state index in [2.05, 4.69) is 6.58 Å². The van der Waals surface area contributed by atoms with Gasteiger partial charge in [-0.2, -0.15) is 0 Å². The number of nitrogens with one attached hydrogen (secondary N) is 1. The topological polar surface area (TPSA) is 29.1 Å². The van der Waals surface area contributed by atoms with Gasteiger partial charge in [-0.25, -0.2) is 0 Å². The van der Waals surface area contributed by atoms with E-state index >= 15 is 0 Å². The van der Waals surface area contributed by atoms with Gasteiger partial charge in [0.15, 0.2) is 0 Å². The van der Waals surface area contributed by atoms with Crippen LogP contribution in [-0.2, 0) is 4.79 Å². The molecule has 0 unspecified atom stereocenters. The molecule has 2 nitrogen and oxygen atoms in total. The Morgan fingerprint density at radius 3 is 2.36 bits per heavy atom. The van der Waals surface area contributed by atoms with E-state index in [1.165, 1.54) is 0 Å². The average molecular weight is 176 g/mol. The van der Waals surface area contributed by atoms with Gasteiger partial charge in [-0.1, -0.05) is 27.4 Å². The third-order valence-corrected chi connectivity index (χ3v) is 2.23. The Bertz CT molecular complexity index is 175. The molecule has 0 aliphatic carbocycles. The van der Waals surface area contributed by atoms with Crippen LogP contribution in [0, 0.1) is 5.41 Å². The molecule has 0 aromatic heterocycles. The fraction of sp³-hybridized carbons (Fsp3) is 0.625. The first-order chi connectivity index (χ1) is 4.95. The number of carbonyl (C=O) groups excluding carboxylic acids is 1. The first kappa shape index (κ1) is 10.5. The highest BCUT2D eigenvalue weighted by Gasteiger charge is 2.24. The van der Waals surface area contributed by atoms with Crippen molar-refractivity contribution in [3.63, 3.8) is 0 Å². The van der Waals surface area contributed by atoms with Crippen LogP contribution < -0.4 is 4.84 Å². The molecule has 0 aromatic rings. The van der Waals surface area contributed by atoms with E-state index in [0.717, 1.165) is 6.42 Å². The van der Waals surface area contributed by atoms with Crippen LogP contribution in [0.3, 0.4) is 0 Å². The maximum atomic E-state index is 11.0. The smallest absolute Gasteiger partial charge is 0.261 e. The van der Waals surface area contributed by atoms with Crippen molar-refractivity contribution < 1.29 is 4.79 Å². The van der Waals surface area contributed by atoms with Gasteiger partial charge in [-0.3, -0.25) is 9.63 Å². The largest absolute Gasteiger partial charge is 0.268 e. The Hall–Kier alpha value is -0.500. The van der Waals surface area contributed by atoms with Gasteiger partial charge >= 0.3 is 0 Å². The van der Waals surface area contributed by atoms with Crippen molar-refractivity contribution >= 4 is 17.7 Å². The monoisotopic (exact) mass is 175 g/mol. The van der Waals surface area contributed by atoms with E-state index in [1.54, 1.807) is 0 Å². The summed E-state index contributed by atoms with van der Waals surface area (Å²) in [4.78, 5) is 13.0. The molecule has 1 N–H and O–H groups in total. The molecule has 0 bridgehead atoms. The lowest BCUT2D eigenvalue weighted by Crippen LogP contribution is -2.25. The number of rotatable bonds is 3. The zero-order valence-electron chi connectivity index (χ0n) is 7.20. The first-order valence-electron chi connectivity index (χ1n) is 3.56. The summed E-state index contributed by atoms with van der Waals surface area (Å²) in [6.45, 7) is 9.60. The van der Waals surface area contributed by atoms with Gasteiger partial charge in [0.2, 0.25) is 0 Å². The number of hydrogen-bond donors (Lipinski definition) is 1. The molecule has 0 aromatic carbocycles. The first-order valence-corrected chi connectivity index (χ1v) is 3.94. The maximum absolute atomic E-state index is 11.0. The second kappa shape index (κ2) is 3.77. The fourth-order valence-electron chi connectivity index (χ4n) is 0.578. The van der Waals surface area contributed by atoms with Crippen molar-refractivity contribution in [2.24, 2.45) is 5.41 Å². The van der Waals surface area contributed by atoms with E-state index < -0.39 is 0 Å². The summed E-state index contributed by atoms with van der Waals surface area (Å²) in [6, 6.07) is 0. The van der Waals surface area contributed by atoms with Crippen molar-refractivity contribution in [1.82, 2.24) is 4.84 Å². The molecule has 0 heterocycles. The van der Waals surface area contributed by atoms with Gasteiger partial charge < -0.3 is 0 Å². The molecule has 0 aliphatic heterocycles. The van der Waals surface area contributed by atoms with E-state index in [0.29, 0.717) is 5.57 Å². The van der Waals surface area contributed by atoms with Gasteiger partial charge in [-0.05, 0) is 11.8 Å². The summed E-state index contributed by atoms with van der Waals surface area (Å²) >= 11 is 5.15. The third kappa shape index (κ3) is 2.54. The number of carbonyl (C=O) groups is 1. The Morgan fingerprint density at radius 2 is 2.09 bits per heavy atom. The van der Waals surface area contributed by atoms with Crippen LogP contribution in [0.5, 0.6) is 0 Å². The predicted octanol–water partition coefficient (Wildman–Crippen LogP) is 2.25. The molecular weight excluding hydrogens is 162 g/mol. The zero-order chi connectivity index (χ0) is 9.07. The summed E-state index contributed by atoms with van der Waals surface area (Å²) in [6.07, 6.45) is 0.871. The van der Waals surface area contributed by atoms with E-state index in [4.69, 9.17) is 11.8 Å². The van der Waals surface area contributed by atoms with Crippen LogP contribution >= 0.6 is 11.8 Å². The molecule has 0 saturated carbocycles. The van der Waals surface area contributed by atoms with E-state index in [9.17, 15) is 4.79 Å². The molecule has 64 valence electrons. The zero-order valence-corrected chi connectivity index (χ0v) is 7.96. The van der Waals surface area contributed by atoms with Crippen molar-refractivity contribution in [2.75, 3.05) is 0 Å². The highest BCUT2D eigenvalue weighted by Crippen LogP contribution is 2.28. The molecule has 3 heteroatoms. The van der Waals surface area contributed by atoms with Crippen molar-refractivity contribution in [2.45, 2.75) is 27.2 Å². The molecular formula is C8H14ClNO. The summed E-state index contributed by atoms with van der Waals surface area (Å²) in [5, 5.41) is 0. The molecule has 0 fully saturated rings. The molecule has 0 rings (SSSR count). The van der Waals surface area contributed by atoms with Gasteiger partial charge in [0, 0.05) is 17.3 Å². The predicted molar refractivity (Wildman–Crippen MR) is 47.2 cm³/mol. The average Bonchev–Trinajstić information content (AvgIpc) is 2.01. The van der Waals surface area contributed by atoms with Crippen LogP contribution in [0.25, 0.3) is 0 Å². The Kier molecular flexibility index (Phi) is 3.59. The Morgan fingerprint density at radius 1 is 1.64 bits per heavy atom. The van der Waals surface area contributed by atoms with Crippen molar-refractivity contribution in [1.29, 1.82) is 0 Å². The van der Waals surface area contributed by atoms with Crippen molar-refractivity contribution in [3.05, 3.63) is 12.2 Å². The van der Waals surface area contributed by atoms with Crippen LogP contribution in [0.15, 0.2) is 12.2 Å². The minimum Gasteiger partial charge on any atom is -0.268 e. The molecule has 11 heavy (non-hydrogen) atoms. The lowest BCUT2D eigenvalue weighted by atomic mass is 9.82. The normalized spacial score (nSPS) is 10.9. The van der Waals surface area contributed by atoms with Crippen LogP contribution in [0.4, 0.5) is 0 Å². The second-order valence-electron chi connectivity index (χ2n) is 3.14. The number of amides is 1. The molecule has 0 saturated heterocycles. The van der Waals surface area contributed by atoms with Gasteiger partial charge in [0.25, 0.3) is 5.91 Å². The number of hydrogen-bond acceptors (Lipinski definition) is 1. The summed E-state index contributed by atoms with van der Waals surface area (Å²) < 4.78 is 0. The van der Waals surface area contributed by atoms with Gasteiger partial charge in [-0.15, -0.1) is 0 Å². The van der Waals surface area contributed by atoms with Gasteiger partial charge in [0.05, 0.1) is 0 Å². The fourth-order valence-corrected chi connectivity index (χ4v) is 0.692. The van der Waals surface area contributed by atoms with Crippen molar-refractivity contribution in [3.8, 4) is 0 Å². The standard InChI is InChI=1S/C8H14ClNO/c1-5-8(3,4)6(2)7(11)10-9/h2,5H2,1,3-4H3,(H,10,11). The lowest BCUT2D eigenvalue weighted by Gasteiger charge is -2.23. The van der Waals surface area contributed by atoms with E-state index in [-0.39, 0.29) is 11.3 Å². The molecule has 0 spiro atoms. The SMILES string of the molecule is C=C(C(=O)NCl)C(C)(C)CC. The van der Waals surface area contributed by atoms with Crippen LogP contribution in [0.1, 0.15) is 27.2 Å². The molecule has 0 atom stereocenters. The quantitative estimate of drug-likeness (QED) is 0.518. The third-order valence-electron chi connectivity index (χ3n) is 2.06. The number of halogens is 1. The lowest BCUT2D eigenvalue weighted by molar-refractivity contribution is -0.116. The van der Waals surface area contributed by atoms with E-state index in [1.807, 2.05) is 25.6 Å². The maximum Gasteiger partial charge on any atom is 0.261 e. The molecule has 1 amide bonds. The molecule has 0 radical (unpaired) electrons. The Balaban J connectivity index is 4.36. The van der Waals surface area contributed by atoms with Crippen LogP contribution in [-0.4, -0.2) is 5.91 Å². The Labute approximate surface area is 72.7 Å². The summed E-state index contributed by atoms with van der Waals surface area (Å²) in [5.41, 5.74) is 0.355. The minimum absolute atomic E-state index is 0.168. The van der Waals surface area contributed by atoms with Crippen LogP contribution in [0.2, 0.25) is 0 Å². The summed E-state index contributed by atoms with van der Waals surface area (Å²) in [7, 11) is 0. The van der Waals surface area contributed by atoms with Gasteiger partial charge in [0.1, 0.15) is 0 Å². The summed E-state index contributed by atoms with van der Waals surface area (Å²) in [5.74, 6) is -0.293. The second-order valence-corrected chi connectivity index (χ2v) is 3.33. The highest BCUT2D eigenvalue weighted by molar-refractivity contribution is 6.24. The highest BCUT2D eigenvalue weighted by atomic mass is 35.5. The molecule has 0 aliphatic rings. The minimum atomic E-state index is -0.293.